The minimum atomic E-state index is -0.640. The van der Waals surface area contributed by atoms with Crippen LogP contribution in [0, 0.1) is 5.82 Å². The summed E-state index contributed by atoms with van der Waals surface area (Å²) >= 11 is 0. The van der Waals surface area contributed by atoms with Crippen LogP contribution in [0.4, 0.5) is 21.7 Å². The predicted octanol–water partition coefficient (Wildman–Crippen LogP) is 3.47. The lowest BCUT2D eigenvalue weighted by molar-refractivity contribution is 0.627. The lowest BCUT2D eigenvalue weighted by Crippen LogP contribution is -2.07. The van der Waals surface area contributed by atoms with Crippen LogP contribution < -0.4 is 16.8 Å². The molecule has 0 atom stereocenters. The minimum Gasteiger partial charge on any atom is -0.399 e. The number of nitrogen functional groups attached to an aromatic ring is 1. The molecular weight excluding hydrogens is 293 g/mol. The molecule has 120 valence electrons. The molecule has 23 heavy (non-hydrogen) atoms. The van der Waals surface area contributed by atoms with Crippen LogP contribution in [0.5, 0.6) is 0 Å². The maximum atomic E-state index is 13.6. The van der Waals surface area contributed by atoms with Crippen LogP contribution in [0.1, 0.15) is 30.7 Å². The number of hydrogen-bond acceptors (Lipinski definition) is 5. The van der Waals surface area contributed by atoms with Gasteiger partial charge in [-0.2, -0.15) is 0 Å². The third-order valence-corrected chi connectivity index (χ3v) is 3.38. The zero-order valence-electron chi connectivity index (χ0n) is 13.3. The molecule has 2 aromatic heterocycles. The summed E-state index contributed by atoms with van der Waals surface area (Å²) in [6.45, 7) is 11.5. The minimum absolute atomic E-state index is 0.192. The van der Waals surface area contributed by atoms with E-state index in [1.165, 1.54) is 6.07 Å². The van der Waals surface area contributed by atoms with Crippen LogP contribution in [-0.2, 0) is 6.42 Å². The number of nitrogens with one attached hydrogen (secondary N) is 1. The molecule has 6 heteroatoms. The van der Waals surface area contributed by atoms with E-state index in [-0.39, 0.29) is 11.5 Å². The number of nitrogens with two attached hydrogens (primary N) is 2. The molecule has 0 aliphatic heterocycles. The van der Waals surface area contributed by atoms with Crippen molar-refractivity contribution in [2.24, 2.45) is 5.73 Å². The topological polar surface area (TPSA) is 89.8 Å². The summed E-state index contributed by atoms with van der Waals surface area (Å²) in [6.07, 6.45) is 2.48. The summed E-state index contributed by atoms with van der Waals surface area (Å²) < 4.78 is 13.6. The summed E-state index contributed by atoms with van der Waals surface area (Å²) in [5.41, 5.74) is 15.3. The first-order valence-corrected chi connectivity index (χ1v) is 7.16. The van der Waals surface area contributed by atoms with Crippen molar-refractivity contribution in [3.63, 3.8) is 0 Å². The van der Waals surface area contributed by atoms with Crippen molar-refractivity contribution in [3.05, 3.63) is 54.1 Å². The third kappa shape index (κ3) is 3.48. The average Bonchev–Trinajstić information content (AvgIpc) is 2.50. The molecule has 0 unspecified atom stereocenters. The van der Waals surface area contributed by atoms with Crippen molar-refractivity contribution in [3.8, 4) is 0 Å². The SMILES string of the molecule is C=C(C)c1cc(Nc2nc(N)c(F)cc2C(=C)N)cnc1CC. The quantitative estimate of drug-likeness (QED) is 0.786. The Balaban J connectivity index is 2.47. The van der Waals surface area contributed by atoms with Gasteiger partial charge in [-0.25, -0.2) is 9.37 Å². The number of halogens is 1. The number of hydrogen-bond donors (Lipinski definition) is 3. The molecule has 0 aliphatic rings. The molecule has 0 fully saturated rings. The molecule has 5 N–H and O–H groups in total. The summed E-state index contributed by atoms with van der Waals surface area (Å²) in [5.74, 6) is -0.523. The lowest BCUT2D eigenvalue weighted by atomic mass is 10.0. The van der Waals surface area contributed by atoms with E-state index >= 15 is 0 Å². The molecule has 2 rings (SSSR count). The first-order chi connectivity index (χ1) is 10.8. The van der Waals surface area contributed by atoms with Gasteiger partial charge in [-0.1, -0.05) is 20.1 Å². The number of nitrogens with zero attached hydrogens (tertiary/aromatic N) is 2. The molecule has 2 aromatic rings. The van der Waals surface area contributed by atoms with Gasteiger partial charge in [-0.15, -0.1) is 0 Å². The van der Waals surface area contributed by atoms with Crippen molar-refractivity contribution < 1.29 is 4.39 Å². The highest BCUT2D eigenvalue weighted by molar-refractivity contribution is 5.76. The van der Waals surface area contributed by atoms with Crippen LogP contribution >= 0.6 is 0 Å². The van der Waals surface area contributed by atoms with Crippen LogP contribution in [-0.4, -0.2) is 9.97 Å². The number of aromatic nitrogens is 2. The summed E-state index contributed by atoms with van der Waals surface area (Å²) in [4.78, 5) is 8.43. The fourth-order valence-corrected chi connectivity index (χ4v) is 2.19. The molecule has 2 heterocycles. The van der Waals surface area contributed by atoms with Crippen molar-refractivity contribution in [1.29, 1.82) is 0 Å². The fourth-order valence-electron chi connectivity index (χ4n) is 2.19. The second-order valence-corrected chi connectivity index (χ2v) is 5.25. The van der Waals surface area contributed by atoms with Gasteiger partial charge in [0.1, 0.15) is 5.82 Å². The molecule has 0 amide bonds. The van der Waals surface area contributed by atoms with Gasteiger partial charge in [0.25, 0.3) is 0 Å². The second-order valence-electron chi connectivity index (χ2n) is 5.25. The molecule has 0 bridgehead atoms. The maximum absolute atomic E-state index is 13.6. The van der Waals surface area contributed by atoms with Gasteiger partial charge < -0.3 is 16.8 Å². The molecule has 5 nitrogen and oxygen atoms in total. The first kappa shape index (κ1) is 16.5. The van der Waals surface area contributed by atoms with Crippen molar-refractivity contribution >= 4 is 28.6 Å². The van der Waals surface area contributed by atoms with Crippen molar-refractivity contribution in [2.45, 2.75) is 20.3 Å². The molecule has 0 spiro atoms. The Labute approximate surface area is 134 Å². The van der Waals surface area contributed by atoms with Crippen LogP contribution in [0.15, 0.2) is 31.5 Å². The van der Waals surface area contributed by atoms with Gasteiger partial charge in [0, 0.05) is 22.5 Å². The van der Waals surface area contributed by atoms with Gasteiger partial charge in [-0.05, 0) is 31.1 Å². The van der Waals surface area contributed by atoms with Crippen LogP contribution in [0.3, 0.4) is 0 Å². The van der Waals surface area contributed by atoms with Gasteiger partial charge in [0.2, 0.25) is 0 Å². The molecule has 0 aliphatic carbocycles. The fraction of sp³-hybridized carbons (Fsp3) is 0.176. The summed E-state index contributed by atoms with van der Waals surface area (Å²) in [6, 6.07) is 3.12. The largest absolute Gasteiger partial charge is 0.399 e. The van der Waals surface area contributed by atoms with Gasteiger partial charge in [-0.3, -0.25) is 4.98 Å². The summed E-state index contributed by atoms with van der Waals surface area (Å²) in [7, 11) is 0. The Morgan fingerprint density at radius 3 is 2.57 bits per heavy atom. The Morgan fingerprint density at radius 2 is 2.00 bits per heavy atom. The van der Waals surface area contributed by atoms with E-state index in [0.29, 0.717) is 17.1 Å². The van der Waals surface area contributed by atoms with E-state index in [1.54, 1.807) is 6.20 Å². The van der Waals surface area contributed by atoms with Gasteiger partial charge in [0.05, 0.1) is 11.9 Å². The Morgan fingerprint density at radius 1 is 1.30 bits per heavy atom. The Bertz CT molecular complexity index is 783. The van der Waals surface area contributed by atoms with E-state index in [4.69, 9.17) is 11.5 Å². The zero-order valence-corrected chi connectivity index (χ0v) is 13.3. The number of aryl methyl sites for hydroxylation is 1. The molecular formula is C17H20FN5. The van der Waals surface area contributed by atoms with E-state index in [1.807, 2.05) is 19.9 Å². The normalized spacial score (nSPS) is 10.4. The predicted molar refractivity (Wildman–Crippen MR) is 93.4 cm³/mol. The van der Waals surface area contributed by atoms with Crippen molar-refractivity contribution in [2.75, 3.05) is 11.1 Å². The maximum Gasteiger partial charge on any atom is 0.166 e. The van der Waals surface area contributed by atoms with E-state index < -0.39 is 5.82 Å². The number of allylic oxidation sites excluding steroid dienone is 1. The van der Waals surface area contributed by atoms with Crippen LogP contribution in [0.25, 0.3) is 11.3 Å². The highest BCUT2D eigenvalue weighted by Crippen LogP contribution is 2.27. The molecule has 0 saturated carbocycles. The molecule has 0 aromatic carbocycles. The number of anilines is 3. The number of pyridine rings is 2. The highest BCUT2D eigenvalue weighted by Gasteiger charge is 2.13. The second kappa shape index (κ2) is 6.48. The standard InChI is InChI=1S/C17H20FN5/c1-5-15-12(9(2)3)6-11(8-21-15)22-17-13(10(4)19)7-14(18)16(20)23-17/h6-8H,2,4-5,19H2,1,3H3,(H3,20,22,23). The van der Waals surface area contributed by atoms with Crippen LogP contribution in [0.2, 0.25) is 0 Å². The Kier molecular flexibility index (Phi) is 4.64. The number of rotatable bonds is 5. The lowest BCUT2D eigenvalue weighted by Gasteiger charge is -2.14. The van der Waals surface area contributed by atoms with Gasteiger partial charge >= 0.3 is 0 Å². The Hall–Kier alpha value is -2.89. The van der Waals surface area contributed by atoms with E-state index in [0.717, 1.165) is 23.3 Å². The van der Waals surface area contributed by atoms with Gasteiger partial charge in [0.15, 0.2) is 11.6 Å². The van der Waals surface area contributed by atoms with E-state index in [2.05, 4.69) is 28.4 Å². The average molecular weight is 313 g/mol. The monoisotopic (exact) mass is 313 g/mol. The molecule has 0 saturated heterocycles. The molecule has 0 radical (unpaired) electrons. The smallest absolute Gasteiger partial charge is 0.166 e. The van der Waals surface area contributed by atoms with Crippen molar-refractivity contribution in [1.82, 2.24) is 9.97 Å². The highest BCUT2D eigenvalue weighted by atomic mass is 19.1. The zero-order chi connectivity index (χ0) is 17.1. The summed E-state index contributed by atoms with van der Waals surface area (Å²) in [5, 5.41) is 3.07. The first-order valence-electron chi connectivity index (χ1n) is 7.16. The van der Waals surface area contributed by atoms with E-state index in [9.17, 15) is 4.39 Å². The third-order valence-electron chi connectivity index (χ3n) is 3.38.